The summed E-state index contributed by atoms with van der Waals surface area (Å²) in [5.41, 5.74) is 0. The summed E-state index contributed by atoms with van der Waals surface area (Å²) in [6.07, 6.45) is 7.43. The van der Waals surface area contributed by atoms with E-state index in [1.807, 2.05) is 0 Å². The fourth-order valence-electron chi connectivity index (χ4n) is 3.71. The summed E-state index contributed by atoms with van der Waals surface area (Å²) in [7, 11) is -3.65. The molecule has 0 N–H and O–H groups in total. The van der Waals surface area contributed by atoms with Crippen LogP contribution in [0, 0.1) is 11.7 Å². The molecule has 1 aliphatic carbocycles. The van der Waals surface area contributed by atoms with Gasteiger partial charge in [-0.2, -0.15) is 4.31 Å². The molecule has 3 rings (SSSR count). The lowest BCUT2D eigenvalue weighted by Crippen LogP contribution is -2.41. The third-order valence-electron chi connectivity index (χ3n) is 5.32. The Morgan fingerprint density at radius 1 is 0.962 bits per heavy atom. The molecule has 5 nitrogen and oxygen atoms in total. The fraction of sp³-hybridized carbons (Fsp3) is 0.632. The molecule has 0 atom stereocenters. The molecule has 0 radical (unpaired) electrons. The Kier molecular flexibility index (Phi) is 6.29. The van der Waals surface area contributed by atoms with E-state index in [1.165, 1.54) is 29.3 Å². The van der Waals surface area contributed by atoms with Crippen LogP contribution in [0.1, 0.15) is 51.4 Å². The normalized spacial score (nSPS) is 21.3. The van der Waals surface area contributed by atoms with E-state index in [4.69, 9.17) is 4.74 Å². The van der Waals surface area contributed by atoms with Crippen LogP contribution in [0.25, 0.3) is 0 Å². The average Bonchev–Trinajstić information content (AvgIpc) is 2.91. The fourth-order valence-corrected chi connectivity index (χ4v) is 5.18. The van der Waals surface area contributed by atoms with Crippen molar-refractivity contribution in [2.24, 2.45) is 5.92 Å². The molecular formula is C19H26FNO4S. The van der Waals surface area contributed by atoms with Crippen LogP contribution in [-0.2, 0) is 19.6 Å². The molecule has 0 amide bonds. The Balaban J connectivity index is 1.54. The highest BCUT2D eigenvalue weighted by Crippen LogP contribution is 2.27. The standard InChI is InChI=1S/C19H26FNO4S/c20-16-7-9-18(10-8-16)26(23,24)21-13-11-15(12-14-21)19(22)25-17-5-3-1-2-4-6-17/h7-10,15,17H,1-6,11-14H2. The molecule has 0 bridgehead atoms. The van der Waals surface area contributed by atoms with Gasteiger partial charge in [0.05, 0.1) is 10.8 Å². The Morgan fingerprint density at radius 2 is 1.54 bits per heavy atom. The molecule has 2 fully saturated rings. The minimum Gasteiger partial charge on any atom is -0.462 e. The second kappa shape index (κ2) is 8.48. The van der Waals surface area contributed by atoms with Crippen LogP contribution in [0.2, 0.25) is 0 Å². The van der Waals surface area contributed by atoms with Crippen molar-refractivity contribution >= 4 is 16.0 Å². The summed E-state index contributed by atoms with van der Waals surface area (Å²) in [6.45, 7) is 0.564. The number of carbonyl (C=O) groups is 1. The third kappa shape index (κ3) is 4.62. The van der Waals surface area contributed by atoms with Crippen molar-refractivity contribution in [2.75, 3.05) is 13.1 Å². The second-order valence-electron chi connectivity index (χ2n) is 7.18. The summed E-state index contributed by atoms with van der Waals surface area (Å²) < 4.78 is 45.3. The maximum Gasteiger partial charge on any atom is 0.309 e. The summed E-state index contributed by atoms with van der Waals surface area (Å²) in [5, 5.41) is 0. The van der Waals surface area contributed by atoms with Gasteiger partial charge in [-0.3, -0.25) is 4.79 Å². The first-order chi connectivity index (χ1) is 12.5. The predicted octanol–water partition coefficient (Wildman–Crippen LogP) is 3.49. The molecule has 1 heterocycles. The molecule has 0 unspecified atom stereocenters. The molecule has 7 heteroatoms. The highest BCUT2D eigenvalue weighted by Gasteiger charge is 2.33. The first-order valence-corrected chi connectivity index (χ1v) is 10.9. The lowest BCUT2D eigenvalue weighted by molar-refractivity contribution is -0.156. The van der Waals surface area contributed by atoms with Crippen LogP contribution in [-0.4, -0.2) is 37.9 Å². The summed E-state index contributed by atoms with van der Waals surface area (Å²) in [5.74, 6) is -0.891. The van der Waals surface area contributed by atoms with Gasteiger partial charge in [0, 0.05) is 13.1 Å². The highest BCUT2D eigenvalue weighted by atomic mass is 32.2. The topological polar surface area (TPSA) is 63.7 Å². The van der Waals surface area contributed by atoms with Crippen molar-refractivity contribution < 1.29 is 22.3 Å². The van der Waals surface area contributed by atoms with Crippen molar-refractivity contribution in [3.05, 3.63) is 30.1 Å². The summed E-state index contributed by atoms with van der Waals surface area (Å²) in [6, 6.07) is 4.83. The molecular weight excluding hydrogens is 357 g/mol. The van der Waals surface area contributed by atoms with Gasteiger partial charge in [-0.05, 0) is 62.8 Å². The quantitative estimate of drug-likeness (QED) is 0.590. The van der Waals surface area contributed by atoms with Crippen LogP contribution >= 0.6 is 0 Å². The number of esters is 1. The number of piperidine rings is 1. The van der Waals surface area contributed by atoms with Crippen LogP contribution in [0.5, 0.6) is 0 Å². The zero-order chi connectivity index (χ0) is 18.6. The SMILES string of the molecule is O=C(OC1CCCCCC1)C1CCN(S(=O)(=O)c2ccc(F)cc2)CC1. The molecule has 1 saturated heterocycles. The van der Waals surface area contributed by atoms with Gasteiger partial charge < -0.3 is 4.74 Å². The van der Waals surface area contributed by atoms with Gasteiger partial charge in [-0.25, -0.2) is 12.8 Å². The molecule has 0 aromatic heterocycles. The van der Waals surface area contributed by atoms with Gasteiger partial charge in [-0.15, -0.1) is 0 Å². The van der Waals surface area contributed by atoms with E-state index in [1.54, 1.807) is 0 Å². The molecule has 2 aliphatic rings. The average molecular weight is 383 g/mol. The number of hydrogen-bond donors (Lipinski definition) is 0. The first kappa shape index (κ1) is 19.3. The smallest absolute Gasteiger partial charge is 0.309 e. The maximum atomic E-state index is 13.0. The molecule has 1 aromatic rings. The van der Waals surface area contributed by atoms with E-state index in [9.17, 15) is 17.6 Å². The zero-order valence-corrected chi connectivity index (χ0v) is 15.7. The summed E-state index contributed by atoms with van der Waals surface area (Å²) >= 11 is 0. The minimum atomic E-state index is -3.65. The predicted molar refractivity (Wildman–Crippen MR) is 95.5 cm³/mol. The number of ether oxygens (including phenoxy) is 1. The van der Waals surface area contributed by atoms with Crippen LogP contribution in [0.4, 0.5) is 4.39 Å². The molecule has 1 aliphatic heterocycles. The van der Waals surface area contributed by atoms with E-state index >= 15 is 0 Å². The van der Waals surface area contributed by atoms with Gasteiger partial charge in [0.25, 0.3) is 0 Å². The van der Waals surface area contributed by atoms with E-state index in [2.05, 4.69) is 0 Å². The number of sulfonamides is 1. The van der Waals surface area contributed by atoms with Crippen LogP contribution in [0.3, 0.4) is 0 Å². The largest absolute Gasteiger partial charge is 0.462 e. The minimum absolute atomic E-state index is 0.0194. The number of carbonyl (C=O) groups excluding carboxylic acids is 1. The zero-order valence-electron chi connectivity index (χ0n) is 14.9. The Morgan fingerprint density at radius 3 is 2.12 bits per heavy atom. The molecule has 0 spiro atoms. The second-order valence-corrected chi connectivity index (χ2v) is 9.12. The van der Waals surface area contributed by atoms with Crippen molar-refractivity contribution in [3.8, 4) is 0 Å². The maximum absolute atomic E-state index is 13.0. The lowest BCUT2D eigenvalue weighted by atomic mass is 9.98. The third-order valence-corrected chi connectivity index (χ3v) is 7.24. The number of rotatable bonds is 4. The Labute approximate surface area is 154 Å². The van der Waals surface area contributed by atoms with E-state index in [0.29, 0.717) is 12.8 Å². The van der Waals surface area contributed by atoms with E-state index < -0.39 is 15.8 Å². The number of benzene rings is 1. The molecule has 144 valence electrons. The van der Waals surface area contributed by atoms with E-state index in [-0.39, 0.29) is 36.0 Å². The van der Waals surface area contributed by atoms with Crippen molar-refractivity contribution in [2.45, 2.75) is 62.4 Å². The number of hydrogen-bond acceptors (Lipinski definition) is 4. The van der Waals surface area contributed by atoms with Crippen LogP contribution in [0.15, 0.2) is 29.2 Å². The van der Waals surface area contributed by atoms with Gasteiger partial charge in [0.2, 0.25) is 10.0 Å². The lowest BCUT2D eigenvalue weighted by Gasteiger charge is -2.31. The van der Waals surface area contributed by atoms with Gasteiger partial charge >= 0.3 is 5.97 Å². The number of halogens is 1. The van der Waals surface area contributed by atoms with Gasteiger partial charge in [-0.1, -0.05) is 12.8 Å². The van der Waals surface area contributed by atoms with Gasteiger partial charge in [0.1, 0.15) is 11.9 Å². The first-order valence-electron chi connectivity index (χ1n) is 9.43. The summed E-state index contributed by atoms with van der Waals surface area (Å²) in [4.78, 5) is 12.5. The molecule has 1 aromatic carbocycles. The van der Waals surface area contributed by atoms with Gasteiger partial charge in [0.15, 0.2) is 0 Å². The Bertz CT molecular complexity index is 704. The van der Waals surface area contributed by atoms with Crippen molar-refractivity contribution in [3.63, 3.8) is 0 Å². The van der Waals surface area contributed by atoms with Crippen LogP contribution < -0.4 is 0 Å². The van der Waals surface area contributed by atoms with E-state index in [0.717, 1.165) is 37.8 Å². The Hall–Kier alpha value is -1.47. The molecule has 1 saturated carbocycles. The number of nitrogens with zero attached hydrogens (tertiary/aromatic N) is 1. The van der Waals surface area contributed by atoms with Crippen molar-refractivity contribution in [1.29, 1.82) is 0 Å². The molecule has 26 heavy (non-hydrogen) atoms. The monoisotopic (exact) mass is 383 g/mol. The van der Waals surface area contributed by atoms with Crippen molar-refractivity contribution in [1.82, 2.24) is 4.31 Å². The highest BCUT2D eigenvalue weighted by molar-refractivity contribution is 7.89.